The largest absolute Gasteiger partial charge is 0.506 e. The molecule has 0 aliphatic carbocycles. The minimum atomic E-state index is -0.207. The minimum Gasteiger partial charge on any atom is -0.506 e. The van der Waals surface area contributed by atoms with E-state index < -0.39 is 0 Å². The molecule has 0 aliphatic rings. The Morgan fingerprint density at radius 1 is 0.611 bits per heavy atom. The predicted molar refractivity (Wildman–Crippen MR) is 204 cm³/mol. The number of aryl methyl sites for hydroxylation is 1. The van der Waals surface area contributed by atoms with Gasteiger partial charge >= 0.3 is 0 Å². The van der Waals surface area contributed by atoms with Gasteiger partial charge in [-0.1, -0.05) is 59.1 Å². The second-order valence-electron chi connectivity index (χ2n) is 12.0. The van der Waals surface area contributed by atoms with Crippen LogP contribution >= 0.6 is 12.0 Å². The van der Waals surface area contributed by atoms with Gasteiger partial charge in [-0.3, -0.25) is 0 Å². The van der Waals surface area contributed by atoms with Crippen molar-refractivity contribution >= 4 is 78.7 Å². The van der Waals surface area contributed by atoms with E-state index in [4.69, 9.17) is 10.4 Å². The Labute approximate surface area is 310 Å². The van der Waals surface area contributed by atoms with E-state index in [0.717, 1.165) is 38.4 Å². The molecule has 0 aliphatic heterocycles. The first-order chi connectivity index (χ1) is 26.4. The van der Waals surface area contributed by atoms with Gasteiger partial charge in [-0.25, -0.2) is 5.26 Å². The fourth-order valence-corrected chi connectivity index (χ4v) is 6.17. The molecule has 8 aromatic rings. The summed E-state index contributed by atoms with van der Waals surface area (Å²) in [6.07, 6.45) is 0. The van der Waals surface area contributed by atoms with Crippen molar-refractivity contribution in [3.05, 3.63) is 133 Å². The Balaban J connectivity index is 0.919. The van der Waals surface area contributed by atoms with Crippen LogP contribution in [0.3, 0.4) is 0 Å². The summed E-state index contributed by atoms with van der Waals surface area (Å²) in [6, 6.07) is 38.4. The van der Waals surface area contributed by atoms with E-state index in [-0.39, 0.29) is 22.9 Å². The van der Waals surface area contributed by atoms with E-state index in [1.807, 2.05) is 73.7 Å². The topological polar surface area (TPSA) is 184 Å². The van der Waals surface area contributed by atoms with Crippen molar-refractivity contribution in [1.82, 2.24) is 15.0 Å². The lowest BCUT2D eigenvalue weighted by molar-refractivity contribution is -0.432. The summed E-state index contributed by atoms with van der Waals surface area (Å²) in [5, 5.41) is 72.2. The summed E-state index contributed by atoms with van der Waals surface area (Å²) in [7, 11) is 0. The maximum atomic E-state index is 10.9. The number of rotatable bonds is 10. The Morgan fingerprint density at radius 3 is 2.02 bits per heavy atom. The Bertz CT molecular complexity index is 2750. The molecule has 3 N–H and O–H groups in total. The zero-order valence-corrected chi connectivity index (χ0v) is 29.0. The molecule has 7 aromatic carbocycles. The first-order valence-electron chi connectivity index (χ1n) is 16.4. The summed E-state index contributed by atoms with van der Waals surface area (Å²) in [6.45, 7) is 1.92. The number of benzene rings is 7. The van der Waals surface area contributed by atoms with Gasteiger partial charge in [-0.2, -0.15) is 25.3 Å². The molecule has 0 bridgehead atoms. The van der Waals surface area contributed by atoms with E-state index in [1.165, 1.54) is 12.1 Å². The molecule has 0 saturated carbocycles. The maximum absolute atomic E-state index is 10.9. The third kappa shape index (κ3) is 7.23. The van der Waals surface area contributed by atoms with Crippen LogP contribution in [0.4, 0.5) is 34.1 Å². The number of aromatic hydroxyl groups is 2. The molecule has 0 radical (unpaired) electrons. The highest BCUT2D eigenvalue weighted by atomic mass is 32.2. The molecule has 264 valence electrons. The molecule has 14 nitrogen and oxygen atoms in total. The van der Waals surface area contributed by atoms with Crippen molar-refractivity contribution in [2.45, 2.75) is 11.8 Å². The molecule has 1 heterocycles. The van der Waals surface area contributed by atoms with Gasteiger partial charge in [0.05, 0.1) is 45.4 Å². The van der Waals surface area contributed by atoms with Crippen LogP contribution < -0.4 is 0 Å². The zero-order valence-electron chi connectivity index (χ0n) is 28.2. The fourth-order valence-electron chi connectivity index (χ4n) is 5.68. The molecule has 0 fully saturated rings. The maximum Gasteiger partial charge on any atom is 0.152 e. The molecule has 54 heavy (non-hydrogen) atoms. The normalized spacial score (nSPS) is 12.0. The van der Waals surface area contributed by atoms with Crippen LogP contribution in [0.15, 0.2) is 163 Å². The number of phenols is 2. The minimum absolute atomic E-state index is 0.0586. The van der Waals surface area contributed by atoms with Gasteiger partial charge in [0.25, 0.3) is 0 Å². The Hall–Kier alpha value is -6.91. The van der Waals surface area contributed by atoms with Crippen LogP contribution in [-0.4, -0.2) is 30.5 Å². The van der Waals surface area contributed by atoms with Gasteiger partial charge in [-0.05, 0) is 90.5 Å². The molecule has 0 spiro atoms. The van der Waals surface area contributed by atoms with Crippen LogP contribution in [0.2, 0.25) is 0 Å². The van der Waals surface area contributed by atoms with Crippen molar-refractivity contribution in [3.8, 4) is 17.2 Å². The quantitative estimate of drug-likeness (QED) is 0.0536. The summed E-state index contributed by atoms with van der Waals surface area (Å²) in [4.78, 5) is 1.94. The first-order valence-corrected chi connectivity index (χ1v) is 17.1. The number of fused-ring (bicyclic) bond motifs is 4. The number of azo groups is 3. The molecule has 0 saturated heterocycles. The zero-order chi connectivity index (χ0) is 37.0. The van der Waals surface area contributed by atoms with Crippen LogP contribution in [0.1, 0.15) is 5.56 Å². The SMILES string of the molecule is Cc1ccc2c(O)c(N=Nc3ccc(N=Nc4ccc(N=Nc5ccc(-n6nc7ccc8ccccc8c7n6)cc5)cc4)cc3O)c(SOOO)cc2c1. The number of phenolic OH excluding ortho intramolecular Hbond substituents is 2. The number of hydrogen-bond donors (Lipinski definition) is 3. The molecule has 0 amide bonds. The first kappa shape index (κ1) is 34.2. The van der Waals surface area contributed by atoms with Gasteiger partial charge in [0.2, 0.25) is 0 Å². The highest BCUT2D eigenvalue weighted by Gasteiger charge is 2.16. The molecular formula is C39H27N9O5S. The van der Waals surface area contributed by atoms with Crippen LogP contribution in [0.5, 0.6) is 11.5 Å². The van der Waals surface area contributed by atoms with Crippen LogP contribution in [0.25, 0.3) is 38.3 Å². The molecule has 15 heteroatoms. The third-order valence-electron chi connectivity index (χ3n) is 8.35. The van der Waals surface area contributed by atoms with Crippen molar-refractivity contribution in [2.75, 3.05) is 0 Å². The highest BCUT2D eigenvalue weighted by molar-refractivity contribution is 7.94. The van der Waals surface area contributed by atoms with Gasteiger partial charge in [0.1, 0.15) is 28.2 Å². The lowest BCUT2D eigenvalue weighted by Gasteiger charge is -2.09. The summed E-state index contributed by atoms with van der Waals surface area (Å²) < 4.78 is 4.59. The summed E-state index contributed by atoms with van der Waals surface area (Å²) >= 11 is 0.639. The molecule has 1 aromatic heterocycles. The van der Waals surface area contributed by atoms with Crippen molar-refractivity contribution < 1.29 is 24.8 Å². The van der Waals surface area contributed by atoms with Gasteiger partial charge in [0, 0.05) is 16.8 Å². The summed E-state index contributed by atoms with van der Waals surface area (Å²) in [5.41, 5.74) is 5.88. The number of hydrogen-bond acceptors (Lipinski definition) is 14. The van der Waals surface area contributed by atoms with Crippen molar-refractivity contribution in [1.29, 1.82) is 0 Å². The Morgan fingerprint density at radius 2 is 1.30 bits per heavy atom. The standard InChI is InChI=1S/C39H27N9O5S/c1-23-6-17-32-25(20-23)21-36(54-53-52-51)38(39(32)50)45-44-33-19-14-29(22-35(33)49)43-42-27-10-8-26(9-11-27)40-41-28-12-15-30(16-13-28)48-46-34-18-7-24-4-2-3-5-31(24)37(34)47-48/h2-22,49-51H,1H3. The van der Waals surface area contributed by atoms with Crippen molar-refractivity contribution in [3.63, 3.8) is 0 Å². The average molecular weight is 734 g/mol. The average Bonchev–Trinajstić information content (AvgIpc) is 3.64. The van der Waals surface area contributed by atoms with Crippen molar-refractivity contribution in [2.24, 2.45) is 30.7 Å². The summed E-state index contributed by atoms with van der Waals surface area (Å²) in [5.74, 6) is -0.361. The lowest BCUT2D eigenvalue weighted by Crippen LogP contribution is -1.97. The molecule has 8 rings (SSSR count). The monoisotopic (exact) mass is 733 g/mol. The lowest BCUT2D eigenvalue weighted by atomic mass is 10.1. The second kappa shape index (κ2) is 15.0. The van der Waals surface area contributed by atoms with E-state index in [2.05, 4.69) is 51.2 Å². The van der Waals surface area contributed by atoms with Gasteiger partial charge < -0.3 is 10.2 Å². The molecule has 0 unspecified atom stereocenters. The number of aromatic nitrogens is 3. The highest BCUT2D eigenvalue weighted by Crippen LogP contribution is 2.45. The molecular weight excluding hydrogens is 707 g/mol. The van der Waals surface area contributed by atoms with Crippen LogP contribution in [0, 0.1) is 6.92 Å². The molecule has 0 atom stereocenters. The smallest absolute Gasteiger partial charge is 0.152 e. The van der Waals surface area contributed by atoms with Gasteiger partial charge in [0.15, 0.2) is 5.75 Å². The Kier molecular flexibility index (Phi) is 9.49. The van der Waals surface area contributed by atoms with Crippen LogP contribution in [-0.2, 0) is 9.37 Å². The predicted octanol–water partition coefficient (Wildman–Crippen LogP) is 12.1. The van der Waals surface area contributed by atoms with E-state index in [9.17, 15) is 10.2 Å². The fraction of sp³-hybridized carbons (Fsp3) is 0.0256. The van der Waals surface area contributed by atoms with E-state index in [1.54, 1.807) is 47.3 Å². The van der Waals surface area contributed by atoms with E-state index >= 15 is 0 Å². The third-order valence-corrected chi connectivity index (χ3v) is 8.97. The van der Waals surface area contributed by atoms with E-state index in [0.29, 0.717) is 45.1 Å². The second-order valence-corrected chi connectivity index (χ2v) is 12.7. The van der Waals surface area contributed by atoms with Gasteiger partial charge in [-0.15, -0.1) is 24.8 Å². The number of nitrogens with zero attached hydrogens (tertiary/aromatic N) is 9.